The van der Waals surface area contributed by atoms with E-state index in [9.17, 15) is 4.79 Å². The fraction of sp³-hybridized carbons (Fsp3) is 0.273. The van der Waals surface area contributed by atoms with Crippen LogP contribution in [0.1, 0.15) is 22.1 Å². The molecule has 0 spiro atoms. The van der Waals surface area contributed by atoms with E-state index in [1.165, 1.54) is 0 Å². The van der Waals surface area contributed by atoms with E-state index in [0.29, 0.717) is 23.1 Å². The molecule has 0 bridgehead atoms. The molecule has 30 heavy (non-hydrogen) atoms. The molecule has 0 fully saturated rings. The lowest BCUT2D eigenvalue weighted by Crippen LogP contribution is -2.15. The SMILES string of the molecule is COc1ccc(-n2nc(C)c3c2NC(=O)CS[C@@H]3c2cccc(OC)c2OC)cc1. The number of fused-ring (bicyclic) bond motifs is 1. The Morgan fingerprint density at radius 3 is 2.50 bits per heavy atom. The van der Waals surface area contributed by atoms with Crippen LogP contribution < -0.4 is 19.5 Å². The minimum absolute atomic E-state index is 0.0692. The predicted octanol–water partition coefficient (Wildman–Crippen LogP) is 3.98. The fourth-order valence-corrected chi connectivity index (χ4v) is 4.86. The number of aryl methyl sites for hydroxylation is 1. The number of amides is 1. The number of para-hydroxylation sites is 1. The summed E-state index contributed by atoms with van der Waals surface area (Å²) in [4.78, 5) is 12.5. The third-order valence-corrected chi connectivity index (χ3v) is 6.29. The molecule has 1 aliphatic rings. The van der Waals surface area contributed by atoms with Crippen LogP contribution in [0.15, 0.2) is 42.5 Å². The van der Waals surface area contributed by atoms with Crippen LogP contribution in [-0.2, 0) is 4.79 Å². The van der Waals surface area contributed by atoms with Crippen LogP contribution in [-0.4, -0.2) is 42.8 Å². The summed E-state index contributed by atoms with van der Waals surface area (Å²) in [5.74, 6) is 2.99. The first-order chi connectivity index (χ1) is 14.6. The number of benzene rings is 2. The summed E-state index contributed by atoms with van der Waals surface area (Å²) in [6.07, 6.45) is 0. The summed E-state index contributed by atoms with van der Waals surface area (Å²) in [5.41, 5.74) is 3.57. The number of aromatic nitrogens is 2. The van der Waals surface area contributed by atoms with Gasteiger partial charge in [-0.2, -0.15) is 5.10 Å². The Balaban J connectivity index is 1.89. The Labute approximate surface area is 179 Å². The highest BCUT2D eigenvalue weighted by molar-refractivity contribution is 8.00. The van der Waals surface area contributed by atoms with Gasteiger partial charge in [-0.05, 0) is 37.3 Å². The molecule has 4 rings (SSSR count). The normalized spacial score (nSPS) is 15.7. The van der Waals surface area contributed by atoms with Crippen molar-refractivity contribution in [2.45, 2.75) is 12.2 Å². The van der Waals surface area contributed by atoms with Crippen LogP contribution in [0.5, 0.6) is 17.2 Å². The van der Waals surface area contributed by atoms with Crippen LogP contribution in [0, 0.1) is 6.92 Å². The Kier molecular flexibility index (Phi) is 5.59. The molecular weight excluding hydrogens is 402 g/mol. The first-order valence-corrected chi connectivity index (χ1v) is 10.5. The van der Waals surface area contributed by atoms with Crippen molar-refractivity contribution >= 4 is 23.5 Å². The first kappa shape index (κ1) is 20.2. The molecule has 7 nitrogen and oxygen atoms in total. The summed E-state index contributed by atoms with van der Waals surface area (Å²) >= 11 is 1.54. The fourth-order valence-electron chi connectivity index (χ4n) is 3.66. The molecule has 0 saturated carbocycles. The van der Waals surface area contributed by atoms with E-state index in [1.54, 1.807) is 37.8 Å². The molecule has 156 valence electrons. The molecule has 0 saturated heterocycles. The zero-order valence-electron chi connectivity index (χ0n) is 17.3. The lowest BCUT2D eigenvalue weighted by molar-refractivity contribution is -0.113. The van der Waals surface area contributed by atoms with Gasteiger partial charge in [-0.1, -0.05) is 12.1 Å². The molecule has 1 amide bonds. The second kappa shape index (κ2) is 8.31. The average molecular weight is 426 g/mol. The van der Waals surface area contributed by atoms with E-state index in [1.807, 2.05) is 49.4 Å². The maximum absolute atomic E-state index is 12.5. The summed E-state index contributed by atoms with van der Waals surface area (Å²) < 4.78 is 18.2. The topological polar surface area (TPSA) is 74.6 Å². The van der Waals surface area contributed by atoms with E-state index >= 15 is 0 Å². The van der Waals surface area contributed by atoms with Crippen molar-refractivity contribution < 1.29 is 19.0 Å². The lowest BCUT2D eigenvalue weighted by Gasteiger charge is -2.20. The maximum Gasteiger partial charge on any atom is 0.235 e. The molecule has 0 aliphatic carbocycles. The van der Waals surface area contributed by atoms with E-state index in [0.717, 1.165) is 28.3 Å². The minimum atomic E-state index is -0.143. The van der Waals surface area contributed by atoms with Crippen LogP contribution in [0.2, 0.25) is 0 Å². The highest BCUT2D eigenvalue weighted by Crippen LogP contribution is 2.48. The molecule has 2 heterocycles. The minimum Gasteiger partial charge on any atom is -0.497 e. The third kappa shape index (κ3) is 3.47. The van der Waals surface area contributed by atoms with Gasteiger partial charge in [0, 0.05) is 11.1 Å². The molecule has 1 N–H and O–H groups in total. The predicted molar refractivity (Wildman–Crippen MR) is 117 cm³/mol. The molecule has 0 radical (unpaired) electrons. The van der Waals surface area contributed by atoms with Gasteiger partial charge in [0.2, 0.25) is 5.91 Å². The number of hydrogen-bond donors (Lipinski definition) is 1. The van der Waals surface area contributed by atoms with Gasteiger partial charge in [0.1, 0.15) is 11.6 Å². The van der Waals surface area contributed by atoms with Gasteiger partial charge in [0.05, 0.1) is 43.7 Å². The molecule has 1 aromatic heterocycles. The summed E-state index contributed by atoms with van der Waals surface area (Å²) in [5, 5.41) is 7.64. The van der Waals surface area contributed by atoms with Crippen molar-refractivity contribution in [2.75, 3.05) is 32.4 Å². The van der Waals surface area contributed by atoms with Crippen LogP contribution in [0.4, 0.5) is 5.82 Å². The molecule has 1 aliphatic heterocycles. The Bertz CT molecular complexity index is 1080. The molecule has 1 atom stereocenters. The average Bonchev–Trinajstić information content (AvgIpc) is 2.98. The number of nitrogens with zero attached hydrogens (tertiary/aromatic N) is 2. The van der Waals surface area contributed by atoms with Crippen molar-refractivity contribution in [3.8, 4) is 22.9 Å². The van der Waals surface area contributed by atoms with Crippen molar-refractivity contribution in [3.63, 3.8) is 0 Å². The molecule has 0 unspecified atom stereocenters. The van der Waals surface area contributed by atoms with Crippen LogP contribution in [0.25, 0.3) is 5.69 Å². The number of thioether (sulfide) groups is 1. The van der Waals surface area contributed by atoms with Crippen molar-refractivity contribution in [1.82, 2.24) is 9.78 Å². The Morgan fingerprint density at radius 2 is 1.83 bits per heavy atom. The maximum atomic E-state index is 12.5. The van der Waals surface area contributed by atoms with E-state index < -0.39 is 0 Å². The van der Waals surface area contributed by atoms with Gasteiger partial charge < -0.3 is 19.5 Å². The second-order valence-corrected chi connectivity index (χ2v) is 7.87. The monoisotopic (exact) mass is 425 g/mol. The van der Waals surface area contributed by atoms with E-state index in [4.69, 9.17) is 19.3 Å². The van der Waals surface area contributed by atoms with Gasteiger partial charge in [0.15, 0.2) is 11.5 Å². The van der Waals surface area contributed by atoms with Crippen molar-refractivity contribution in [1.29, 1.82) is 0 Å². The summed E-state index contributed by atoms with van der Waals surface area (Å²) in [7, 11) is 4.87. The van der Waals surface area contributed by atoms with Crippen LogP contribution >= 0.6 is 11.8 Å². The Hall–Kier alpha value is -3.13. The smallest absolute Gasteiger partial charge is 0.235 e. The van der Waals surface area contributed by atoms with Crippen molar-refractivity contribution in [3.05, 3.63) is 59.3 Å². The van der Waals surface area contributed by atoms with Crippen molar-refractivity contribution in [2.24, 2.45) is 0 Å². The zero-order chi connectivity index (χ0) is 21.3. The van der Waals surface area contributed by atoms with Crippen LogP contribution in [0.3, 0.4) is 0 Å². The number of ether oxygens (including phenoxy) is 3. The second-order valence-electron chi connectivity index (χ2n) is 6.78. The molecule has 8 heteroatoms. The van der Waals surface area contributed by atoms with Gasteiger partial charge in [-0.25, -0.2) is 4.68 Å². The number of rotatable bonds is 5. The highest BCUT2D eigenvalue weighted by Gasteiger charge is 2.32. The quantitative estimate of drug-likeness (QED) is 0.667. The van der Waals surface area contributed by atoms with Gasteiger partial charge >= 0.3 is 0 Å². The van der Waals surface area contributed by atoms with Gasteiger partial charge in [0.25, 0.3) is 0 Å². The number of hydrogen-bond acceptors (Lipinski definition) is 6. The van der Waals surface area contributed by atoms with E-state index in [-0.39, 0.29) is 11.2 Å². The Morgan fingerprint density at radius 1 is 1.07 bits per heavy atom. The molecule has 2 aromatic carbocycles. The largest absolute Gasteiger partial charge is 0.497 e. The lowest BCUT2D eigenvalue weighted by atomic mass is 10.0. The zero-order valence-corrected chi connectivity index (χ0v) is 18.1. The number of anilines is 1. The number of carbonyl (C=O) groups excluding carboxylic acids is 1. The highest BCUT2D eigenvalue weighted by atomic mass is 32.2. The summed E-state index contributed by atoms with van der Waals surface area (Å²) in [6, 6.07) is 13.4. The molecule has 3 aromatic rings. The van der Waals surface area contributed by atoms with E-state index in [2.05, 4.69) is 5.32 Å². The number of nitrogens with one attached hydrogen (secondary N) is 1. The number of carbonyl (C=O) groups is 1. The first-order valence-electron chi connectivity index (χ1n) is 9.43. The standard InChI is InChI=1S/C22H23N3O4S/c1-13-19-21(16-6-5-7-17(28-3)20(16)29-4)30-12-18(26)23-22(19)25(24-13)14-8-10-15(27-2)11-9-14/h5-11,21H,12H2,1-4H3,(H,23,26)/t21-/m1/s1. The van der Waals surface area contributed by atoms with Gasteiger partial charge in [-0.15, -0.1) is 11.8 Å². The van der Waals surface area contributed by atoms with Gasteiger partial charge in [-0.3, -0.25) is 4.79 Å². The summed E-state index contributed by atoms with van der Waals surface area (Å²) in [6.45, 7) is 1.95. The molecular formula is C22H23N3O4S. The third-order valence-electron chi connectivity index (χ3n) is 5.04. The number of methoxy groups -OCH3 is 3.